The second kappa shape index (κ2) is 6.08. The monoisotopic (exact) mass is 220 g/mol. The van der Waals surface area contributed by atoms with Gasteiger partial charge in [-0.1, -0.05) is 36.9 Å². The second-order valence-electron chi connectivity index (χ2n) is 3.43. The highest BCUT2D eigenvalue weighted by Gasteiger charge is 2.17. The van der Waals surface area contributed by atoms with Crippen molar-refractivity contribution in [2.45, 2.75) is 19.4 Å². The molecule has 1 atom stereocenters. The number of rotatable bonds is 6. The number of ether oxygens (including phenoxy) is 1. The van der Waals surface area contributed by atoms with Gasteiger partial charge in [0.05, 0.1) is 0 Å². The number of hydrogen-bond donors (Lipinski definition) is 1. The van der Waals surface area contributed by atoms with E-state index in [0.29, 0.717) is 13.0 Å². The van der Waals surface area contributed by atoms with Crippen LogP contribution in [0.3, 0.4) is 0 Å². The molecule has 0 aromatic heterocycles. The van der Waals surface area contributed by atoms with E-state index in [1.54, 1.807) is 13.0 Å². The van der Waals surface area contributed by atoms with Crippen molar-refractivity contribution in [1.29, 1.82) is 0 Å². The zero-order valence-electron chi connectivity index (χ0n) is 9.35. The molecule has 1 aromatic rings. The molecule has 0 amide bonds. The van der Waals surface area contributed by atoms with Gasteiger partial charge < -0.3 is 9.84 Å². The first-order chi connectivity index (χ1) is 7.67. The fourth-order valence-corrected chi connectivity index (χ4v) is 1.42. The van der Waals surface area contributed by atoms with E-state index in [9.17, 15) is 4.79 Å². The number of benzene rings is 1. The van der Waals surface area contributed by atoms with Crippen LogP contribution in [-0.4, -0.2) is 23.8 Å². The van der Waals surface area contributed by atoms with Crippen molar-refractivity contribution in [2.24, 2.45) is 0 Å². The molecule has 0 saturated carbocycles. The molecule has 0 spiro atoms. The molecule has 0 heterocycles. The number of hydrogen-bond acceptors (Lipinski definition) is 2. The van der Waals surface area contributed by atoms with Gasteiger partial charge in [0.2, 0.25) is 0 Å². The van der Waals surface area contributed by atoms with Crippen LogP contribution in [0.15, 0.2) is 30.8 Å². The van der Waals surface area contributed by atoms with E-state index in [1.807, 2.05) is 24.3 Å². The van der Waals surface area contributed by atoms with Crippen LogP contribution in [0.1, 0.15) is 18.1 Å². The standard InChI is InChI=1S/C13H16O3/c1-3-10-5-7-11(8-6-10)9-12(13(14)15)16-4-2/h3,5-8,12H,1,4,9H2,2H3,(H,14,15)/t12-/m0/s1. The van der Waals surface area contributed by atoms with E-state index in [1.165, 1.54) is 0 Å². The zero-order chi connectivity index (χ0) is 12.0. The van der Waals surface area contributed by atoms with Crippen LogP contribution in [0.4, 0.5) is 0 Å². The van der Waals surface area contributed by atoms with Crippen molar-refractivity contribution in [3.05, 3.63) is 42.0 Å². The Balaban J connectivity index is 2.69. The van der Waals surface area contributed by atoms with Gasteiger partial charge in [0.15, 0.2) is 6.10 Å². The highest BCUT2D eigenvalue weighted by molar-refractivity contribution is 5.72. The van der Waals surface area contributed by atoms with Gasteiger partial charge >= 0.3 is 5.97 Å². The molecule has 3 heteroatoms. The smallest absolute Gasteiger partial charge is 0.333 e. The average Bonchev–Trinajstić information content (AvgIpc) is 2.29. The van der Waals surface area contributed by atoms with E-state index in [0.717, 1.165) is 11.1 Å². The first kappa shape index (κ1) is 12.5. The Morgan fingerprint density at radius 3 is 2.56 bits per heavy atom. The summed E-state index contributed by atoms with van der Waals surface area (Å²) in [5.74, 6) is -0.922. The molecule has 1 N–H and O–H groups in total. The van der Waals surface area contributed by atoms with Crippen LogP contribution in [0.25, 0.3) is 6.08 Å². The average molecular weight is 220 g/mol. The topological polar surface area (TPSA) is 46.5 Å². The van der Waals surface area contributed by atoms with Gasteiger partial charge in [0.25, 0.3) is 0 Å². The van der Waals surface area contributed by atoms with Crippen LogP contribution in [0, 0.1) is 0 Å². The highest BCUT2D eigenvalue weighted by atomic mass is 16.5. The van der Waals surface area contributed by atoms with Gasteiger partial charge in [-0.05, 0) is 18.1 Å². The maximum absolute atomic E-state index is 10.9. The largest absolute Gasteiger partial charge is 0.479 e. The lowest BCUT2D eigenvalue weighted by Gasteiger charge is -2.12. The lowest BCUT2D eigenvalue weighted by molar-refractivity contribution is -0.149. The van der Waals surface area contributed by atoms with E-state index >= 15 is 0 Å². The molecule has 0 unspecified atom stereocenters. The molecule has 0 radical (unpaired) electrons. The van der Waals surface area contributed by atoms with Crippen molar-refractivity contribution >= 4 is 12.0 Å². The third-order valence-corrected chi connectivity index (χ3v) is 2.28. The summed E-state index contributed by atoms with van der Waals surface area (Å²) in [6, 6.07) is 7.61. The molecular formula is C13H16O3. The first-order valence-electron chi connectivity index (χ1n) is 5.23. The quantitative estimate of drug-likeness (QED) is 0.800. The Morgan fingerprint density at radius 2 is 2.12 bits per heavy atom. The molecule has 3 nitrogen and oxygen atoms in total. The van der Waals surface area contributed by atoms with E-state index < -0.39 is 12.1 Å². The third-order valence-electron chi connectivity index (χ3n) is 2.28. The lowest BCUT2D eigenvalue weighted by atomic mass is 10.1. The van der Waals surface area contributed by atoms with Crippen LogP contribution < -0.4 is 0 Å². The third kappa shape index (κ3) is 3.51. The van der Waals surface area contributed by atoms with Gasteiger partial charge in [-0.2, -0.15) is 0 Å². The summed E-state index contributed by atoms with van der Waals surface area (Å²) in [5.41, 5.74) is 1.97. The molecule has 86 valence electrons. The SMILES string of the molecule is C=Cc1ccc(C[C@H](OCC)C(=O)O)cc1. The number of aliphatic carboxylic acids is 1. The van der Waals surface area contributed by atoms with Gasteiger partial charge in [-0.25, -0.2) is 4.79 Å². The number of carbonyl (C=O) groups is 1. The number of carboxylic acid groups (broad SMARTS) is 1. The summed E-state index contributed by atoms with van der Waals surface area (Å²) in [7, 11) is 0. The minimum Gasteiger partial charge on any atom is -0.479 e. The fourth-order valence-electron chi connectivity index (χ4n) is 1.42. The minimum absolute atomic E-state index is 0.389. The second-order valence-corrected chi connectivity index (χ2v) is 3.43. The van der Waals surface area contributed by atoms with Crippen LogP contribution in [0.2, 0.25) is 0 Å². The lowest BCUT2D eigenvalue weighted by Crippen LogP contribution is -2.26. The van der Waals surface area contributed by atoms with E-state index in [2.05, 4.69) is 6.58 Å². The van der Waals surface area contributed by atoms with Crippen LogP contribution >= 0.6 is 0 Å². The Kier molecular flexibility index (Phi) is 4.73. The molecule has 0 saturated heterocycles. The molecule has 0 aliphatic carbocycles. The molecule has 0 fully saturated rings. The van der Waals surface area contributed by atoms with Crippen molar-refractivity contribution in [3.8, 4) is 0 Å². The molecule has 0 aliphatic rings. The maximum atomic E-state index is 10.9. The zero-order valence-corrected chi connectivity index (χ0v) is 9.35. The summed E-state index contributed by atoms with van der Waals surface area (Å²) in [4.78, 5) is 10.9. The summed E-state index contributed by atoms with van der Waals surface area (Å²) >= 11 is 0. The highest BCUT2D eigenvalue weighted by Crippen LogP contribution is 2.09. The first-order valence-corrected chi connectivity index (χ1v) is 5.23. The summed E-state index contributed by atoms with van der Waals surface area (Å²) in [6.45, 7) is 5.85. The Hall–Kier alpha value is -1.61. The Labute approximate surface area is 95.4 Å². The molecule has 1 aromatic carbocycles. The van der Waals surface area contributed by atoms with Crippen LogP contribution in [-0.2, 0) is 16.0 Å². The predicted molar refractivity (Wildman–Crippen MR) is 63.3 cm³/mol. The molecule has 0 aliphatic heterocycles. The van der Waals surface area contributed by atoms with Crippen molar-refractivity contribution in [3.63, 3.8) is 0 Å². The van der Waals surface area contributed by atoms with Gasteiger partial charge in [0.1, 0.15) is 0 Å². The molecule has 1 rings (SSSR count). The van der Waals surface area contributed by atoms with E-state index in [4.69, 9.17) is 9.84 Å². The number of carboxylic acids is 1. The van der Waals surface area contributed by atoms with Gasteiger partial charge in [-0.15, -0.1) is 0 Å². The predicted octanol–water partition coefficient (Wildman–Crippen LogP) is 2.36. The fraction of sp³-hybridized carbons (Fsp3) is 0.308. The maximum Gasteiger partial charge on any atom is 0.333 e. The van der Waals surface area contributed by atoms with Crippen molar-refractivity contribution < 1.29 is 14.6 Å². The molecule has 0 bridgehead atoms. The molecular weight excluding hydrogens is 204 g/mol. The van der Waals surface area contributed by atoms with Gasteiger partial charge in [-0.3, -0.25) is 0 Å². The normalized spacial score (nSPS) is 12.1. The van der Waals surface area contributed by atoms with Crippen molar-refractivity contribution in [2.75, 3.05) is 6.61 Å². The summed E-state index contributed by atoms with van der Waals surface area (Å²) in [5, 5.41) is 8.93. The van der Waals surface area contributed by atoms with Crippen molar-refractivity contribution in [1.82, 2.24) is 0 Å². The summed E-state index contributed by atoms with van der Waals surface area (Å²) in [6.07, 6.45) is 1.38. The van der Waals surface area contributed by atoms with Crippen LogP contribution in [0.5, 0.6) is 0 Å². The van der Waals surface area contributed by atoms with E-state index in [-0.39, 0.29) is 0 Å². The summed E-state index contributed by atoms with van der Waals surface area (Å²) < 4.78 is 5.14. The Bertz CT molecular complexity index is 354. The van der Waals surface area contributed by atoms with Gasteiger partial charge in [0, 0.05) is 13.0 Å². The molecule has 16 heavy (non-hydrogen) atoms. The Morgan fingerprint density at radius 1 is 1.50 bits per heavy atom. The minimum atomic E-state index is -0.922.